The highest BCUT2D eigenvalue weighted by Gasteiger charge is 2.30. The second kappa shape index (κ2) is 13.6. The number of benzene rings is 2. The number of hydrogen-bond donors (Lipinski definition) is 7. The number of carbonyl (C=O) groups is 2. The summed E-state index contributed by atoms with van der Waals surface area (Å²) in [5.74, 6) is -2.91. The van der Waals surface area contributed by atoms with E-state index in [0.29, 0.717) is 37.2 Å². The Balaban J connectivity index is 0.000000360. The van der Waals surface area contributed by atoms with Gasteiger partial charge in [0.15, 0.2) is 12.2 Å². The van der Waals surface area contributed by atoms with Crippen molar-refractivity contribution < 1.29 is 58.5 Å². The zero-order valence-electron chi connectivity index (χ0n) is 20.7. The molecule has 13 heteroatoms. The van der Waals surface area contributed by atoms with Crippen molar-refractivity contribution in [2.24, 2.45) is 0 Å². The number of nitrogens with one attached hydrogen (secondary N) is 1. The molecule has 214 valence electrons. The number of fused-ring (bicyclic) bond motifs is 2. The van der Waals surface area contributed by atoms with Crippen molar-refractivity contribution in [2.45, 2.75) is 62.3 Å². The van der Waals surface area contributed by atoms with Crippen LogP contribution in [-0.2, 0) is 22.4 Å². The van der Waals surface area contributed by atoms with E-state index in [0.717, 1.165) is 11.1 Å². The minimum atomic E-state index is -2.27. The molecular weight excluding hydrogens is 524 g/mol. The van der Waals surface area contributed by atoms with Crippen LogP contribution in [0.5, 0.6) is 11.5 Å². The zero-order chi connectivity index (χ0) is 28.7. The normalized spacial score (nSPS) is 20.9. The molecule has 6 unspecified atom stereocenters. The number of halogens is 2. The van der Waals surface area contributed by atoms with Gasteiger partial charge in [0, 0.05) is 13.1 Å². The van der Waals surface area contributed by atoms with Crippen LogP contribution in [-0.4, -0.2) is 92.3 Å². The average molecular weight is 556 g/mol. The van der Waals surface area contributed by atoms with Crippen molar-refractivity contribution in [3.05, 3.63) is 59.2 Å². The molecule has 0 fully saturated rings. The molecule has 2 heterocycles. The molecule has 6 atom stereocenters. The van der Waals surface area contributed by atoms with Gasteiger partial charge in [0.1, 0.15) is 47.5 Å². The summed E-state index contributed by atoms with van der Waals surface area (Å²) in [5.41, 5.74) is 1.62. The van der Waals surface area contributed by atoms with Gasteiger partial charge in [-0.05, 0) is 73.2 Å². The summed E-state index contributed by atoms with van der Waals surface area (Å²) in [7, 11) is 0. The number of aliphatic carboxylic acids is 2. The van der Waals surface area contributed by atoms with Crippen LogP contribution >= 0.6 is 0 Å². The SMILES string of the molecule is O=C(O)C(O)C(O)C(=O)O.OC(CNCC(O)C1CCc2cc(F)ccc2O1)C1CCc2cc(F)ccc2O1. The van der Waals surface area contributed by atoms with Crippen LogP contribution in [0.2, 0.25) is 0 Å². The Morgan fingerprint density at radius 2 is 1.15 bits per heavy atom. The Morgan fingerprint density at radius 3 is 1.51 bits per heavy atom. The summed E-state index contributed by atoms with van der Waals surface area (Å²) in [6.07, 6.45) is -4.32. The molecule has 4 rings (SSSR count). The molecule has 0 spiro atoms. The van der Waals surface area contributed by atoms with Crippen LogP contribution in [0, 0.1) is 11.6 Å². The number of aliphatic hydroxyl groups is 4. The smallest absolute Gasteiger partial charge is 0.335 e. The van der Waals surface area contributed by atoms with E-state index < -0.39 is 36.4 Å². The zero-order valence-corrected chi connectivity index (χ0v) is 20.7. The third-order valence-corrected chi connectivity index (χ3v) is 6.37. The minimum Gasteiger partial charge on any atom is -0.487 e. The van der Waals surface area contributed by atoms with Gasteiger partial charge in [0.25, 0.3) is 0 Å². The number of carboxylic acids is 2. The number of aryl methyl sites for hydroxylation is 2. The number of aliphatic hydroxyl groups excluding tert-OH is 4. The molecule has 2 aromatic carbocycles. The van der Waals surface area contributed by atoms with Crippen molar-refractivity contribution in [3.8, 4) is 11.5 Å². The summed E-state index contributed by atoms with van der Waals surface area (Å²) in [6, 6.07) is 8.79. The number of ether oxygens (including phenoxy) is 2. The molecule has 0 saturated heterocycles. The largest absolute Gasteiger partial charge is 0.487 e. The van der Waals surface area contributed by atoms with E-state index in [1.54, 1.807) is 12.1 Å². The Labute approximate surface area is 222 Å². The quantitative estimate of drug-likeness (QED) is 0.225. The monoisotopic (exact) mass is 555 g/mol. The number of carboxylic acid groups (broad SMARTS) is 2. The molecular formula is C26H31F2NO10. The maximum Gasteiger partial charge on any atom is 0.335 e. The molecule has 0 aromatic heterocycles. The van der Waals surface area contributed by atoms with E-state index in [1.165, 1.54) is 24.3 Å². The predicted molar refractivity (Wildman–Crippen MR) is 130 cm³/mol. The van der Waals surface area contributed by atoms with E-state index in [4.69, 9.17) is 29.9 Å². The highest BCUT2D eigenvalue weighted by Crippen LogP contribution is 2.30. The molecule has 0 amide bonds. The van der Waals surface area contributed by atoms with Crippen molar-refractivity contribution in [2.75, 3.05) is 13.1 Å². The molecule has 2 aromatic rings. The van der Waals surface area contributed by atoms with Crippen LogP contribution in [0.25, 0.3) is 0 Å². The van der Waals surface area contributed by atoms with Gasteiger partial charge in [0.05, 0.1) is 0 Å². The maximum atomic E-state index is 13.3. The number of hydrogen-bond acceptors (Lipinski definition) is 9. The summed E-state index contributed by atoms with van der Waals surface area (Å²) >= 11 is 0. The molecule has 39 heavy (non-hydrogen) atoms. The van der Waals surface area contributed by atoms with Crippen LogP contribution in [0.1, 0.15) is 24.0 Å². The van der Waals surface area contributed by atoms with E-state index in [1.807, 2.05) is 0 Å². The summed E-state index contributed by atoms with van der Waals surface area (Å²) < 4.78 is 38.2. The Morgan fingerprint density at radius 1 is 0.769 bits per heavy atom. The first-order chi connectivity index (χ1) is 18.5. The summed E-state index contributed by atoms with van der Waals surface area (Å²) in [4.78, 5) is 19.5. The molecule has 2 aliphatic rings. The first kappa shape index (κ1) is 30.2. The van der Waals surface area contributed by atoms with E-state index in [-0.39, 0.29) is 36.9 Å². The molecule has 7 N–H and O–H groups in total. The first-order valence-corrected chi connectivity index (χ1v) is 12.2. The second-order valence-corrected chi connectivity index (χ2v) is 9.25. The predicted octanol–water partition coefficient (Wildman–Crippen LogP) is 0.241. The van der Waals surface area contributed by atoms with Crippen molar-refractivity contribution in [3.63, 3.8) is 0 Å². The van der Waals surface area contributed by atoms with E-state index >= 15 is 0 Å². The Bertz CT molecular complexity index is 1060. The highest BCUT2D eigenvalue weighted by molar-refractivity contribution is 5.83. The van der Waals surface area contributed by atoms with Gasteiger partial charge >= 0.3 is 11.9 Å². The third-order valence-electron chi connectivity index (χ3n) is 6.37. The lowest BCUT2D eigenvalue weighted by Crippen LogP contribution is -2.46. The van der Waals surface area contributed by atoms with Crippen LogP contribution < -0.4 is 14.8 Å². The average Bonchev–Trinajstić information content (AvgIpc) is 2.91. The molecule has 0 bridgehead atoms. The lowest BCUT2D eigenvalue weighted by molar-refractivity contribution is -0.165. The highest BCUT2D eigenvalue weighted by atomic mass is 19.1. The Hall–Kier alpha value is -3.36. The van der Waals surface area contributed by atoms with Gasteiger partial charge in [-0.3, -0.25) is 0 Å². The topological polar surface area (TPSA) is 186 Å². The van der Waals surface area contributed by atoms with Crippen molar-refractivity contribution >= 4 is 11.9 Å². The van der Waals surface area contributed by atoms with Gasteiger partial charge in [-0.25, -0.2) is 18.4 Å². The summed E-state index contributed by atoms with van der Waals surface area (Å²) in [5, 5.41) is 56.4. The van der Waals surface area contributed by atoms with Crippen LogP contribution in [0.4, 0.5) is 8.78 Å². The van der Waals surface area contributed by atoms with Gasteiger partial charge < -0.3 is 45.4 Å². The third kappa shape index (κ3) is 8.31. The van der Waals surface area contributed by atoms with Crippen molar-refractivity contribution in [1.29, 1.82) is 0 Å². The molecule has 0 aliphatic carbocycles. The van der Waals surface area contributed by atoms with Crippen LogP contribution in [0.3, 0.4) is 0 Å². The molecule has 11 nitrogen and oxygen atoms in total. The lowest BCUT2D eigenvalue weighted by atomic mass is 9.98. The van der Waals surface area contributed by atoms with Gasteiger partial charge in [-0.1, -0.05) is 0 Å². The fraction of sp³-hybridized carbons (Fsp3) is 0.462. The lowest BCUT2D eigenvalue weighted by Gasteiger charge is -2.31. The van der Waals surface area contributed by atoms with Gasteiger partial charge in [-0.15, -0.1) is 0 Å². The van der Waals surface area contributed by atoms with Gasteiger partial charge in [0.2, 0.25) is 0 Å². The standard InChI is InChI=1S/C22H25F2NO4.C4H6O6/c23-15-3-7-19-13(9-15)1-5-21(28-19)17(26)11-25-12-18(27)22-6-2-14-10-16(24)4-8-20(14)29-22;5-1(3(7)8)2(6)4(9)10/h3-4,7-10,17-18,21-22,25-27H,1-2,5-6,11-12H2;1-2,5-6H,(H,7,8)(H,9,10). The summed E-state index contributed by atoms with van der Waals surface area (Å²) in [6.45, 7) is 0.513. The van der Waals surface area contributed by atoms with Crippen LogP contribution in [0.15, 0.2) is 36.4 Å². The fourth-order valence-electron chi connectivity index (χ4n) is 4.21. The minimum absolute atomic E-state index is 0.257. The first-order valence-electron chi connectivity index (χ1n) is 12.2. The van der Waals surface area contributed by atoms with Gasteiger partial charge in [-0.2, -0.15) is 0 Å². The molecule has 0 saturated carbocycles. The van der Waals surface area contributed by atoms with E-state index in [9.17, 15) is 28.6 Å². The molecule has 0 radical (unpaired) electrons. The van der Waals surface area contributed by atoms with E-state index in [2.05, 4.69) is 5.32 Å². The van der Waals surface area contributed by atoms with Crippen molar-refractivity contribution in [1.82, 2.24) is 5.32 Å². The maximum absolute atomic E-state index is 13.3. The number of rotatable bonds is 9. The second-order valence-electron chi connectivity index (χ2n) is 9.25. The Kier molecular flexibility index (Phi) is 10.5. The molecule has 2 aliphatic heterocycles. The fourth-order valence-corrected chi connectivity index (χ4v) is 4.21.